The minimum Gasteiger partial charge on any atom is -0.484 e. The maximum Gasteiger partial charge on any atom is 0.260 e. The molecule has 0 atom stereocenters. The number of benzene rings is 1. The van der Waals surface area contributed by atoms with Crippen LogP contribution in [0.4, 0.5) is 5.69 Å². The minimum absolute atomic E-state index is 0.0290. The summed E-state index contributed by atoms with van der Waals surface area (Å²) in [5.74, 6) is 0.596. The number of carbonyl (C=O) groups excluding carboxylic acids is 1. The first-order valence-corrected chi connectivity index (χ1v) is 6.71. The Morgan fingerprint density at radius 2 is 2.00 bits per heavy atom. The second-order valence-corrected chi connectivity index (χ2v) is 4.74. The summed E-state index contributed by atoms with van der Waals surface area (Å²) in [5.41, 5.74) is 6.15. The lowest BCUT2D eigenvalue weighted by atomic mass is 10.3. The summed E-state index contributed by atoms with van der Waals surface area (Å²) in [6.07, 6.45) is 0. The molecule has 7 heteroatoms. The highest BCUT2D eigenvalue weighted by Crippen LogP contribution is 2.15. The van der Waals surface area contributed by atoms with Gasteiger partial charge in [-0.3, -0.25) is 4.79 Å². The van der Waals surface area contributed by atoms with E-state index in [1.54, 1.807) is 29.2 Å². The number of nitrogens with one attached hydrogen (secondary N) is 1. The number of carbonyl (C=O) groups is 1. The van der Waals surface area contributed by atoms with Crippen molar-refractivity contribution in [3.63, 3.8) is 0 Å². The molecule has 0 bridgehead atoms. The van der Waals surface area contributed by atoms with Crippen LogP contribution in [0.3, 0.4) is 0 Å². The van der Waals surface area contributed by atoms with Crippen molar-refractivity contribution < 1.29 is 14.3 Å². The number of morpholine rings is 1. The number of amides is 1. The van der Waals surface area contributed by atoms with Gasteiger partial charge in [0.25, 0.3) is 5.91 Å². The number of thiocarbonyl (C=S) groups is 1. The van der Waals surface area contributed by atoms with Crippen molar-refractivity contribution in [3.05, 3.63) is 24.3 Å². The highest BCUT2D eigenvalue weighted by atomic mass is 32.1. The molecule has 6 nitrogen and oxygen atoms in total. The topological polar surface area (TPSA) is 76.8 Å². The van der Waals surface area contributed by atoms with E-state index in [1.807, 2.05) is 0 Å². The van der Waals surface area contributed by atoms with Crippen LogP contribution in [0, 0.1) is 0 Å². The average Bonchev–Trinajstić information content (AvgIpc) is 2.46. The van der Waals surface area contributed by atoms with Gasteiger partial charge in [0.15, 0.2) is 11.7 Å². The maximum absolute atomic E-state index is 11.9. The van der Waals surface area contributed by atoms with Crippen LogP contribution in [0.1, 0.15) is 0 Å². The Balaban J connectivity index is 1.81. The molecule has 0 aromatic heterocycles. The van der Waals surface area contributed by atoms with Crippen molar-refractivity contribution in [3.8, 4) is 5.75 Å². The van der Waals surface area contributed by atoms with E-state index in [0.29, 0.717) is 32.1 Å². The normalized spacial score (nSPS) is 14.7. The van der Waals surface area contributed by atoms with Crippen LogP contribution in [0.5, 0.6) is 5.75 Å². The van der Waals surface area contributed by atoms with E-state index in [2.05, 4.69) is 5.32 Å². The van der Waals surface area contributed by atoms with Gasteiger partial charge in [-0.25, -0.2) is 0 Å². The van der Waals surface area contributed by atoms with Crippen molar-refractivity contribution >= 4 is 28.9 Å². The molecule has 20 heavy (non-hydrogen) atoms. The van der Waals surface area contributed by atoms with Gasteiger partial charge >= 0.3 is 0 Å². The largest absolute Gasteiger partial charge is 0.484 e. The molecule has 1 aromatic carbocycles. The zero-order chi connectivity index (χ0) is 14.4. The number of anilines is 1. The first-order chi connectivity index (χ1) is 9.65. The standard InChI is InChI=1S/C13H17N3O3S/c14-13(20)15-10-1-3-11(4-2-10)19-9-12(17)16-5-7-18-8-6-16/h1-4H,5-9H2,(H3,14,15,20). The summed E-state index contributed by atoms with van der Waals surface area (Å²) in [6.45, 7) is 2.45. The van der Waals surface area contributed by atoms with Gasteiger partial charge in [0.05, 0.1) is 13.2 Å². The minimum atomic E-state index is -0.0290. The van der Waals surface area contributed by atoms with Crippen molar-refractivity contribution in [2.45, 2.75) is 0 Å². The lowest BCUT2D eigenvalue weighted by Gasteiger charge is -2.26. The molecule has 2 rings (SSSR count). The molecule has 1 aliphatic heterocycles. The molecule has 1 heterocycles. The quantitative estimate of drug-likeness (QED) is 0.791. The Morgan fingerprint density at radius 1 is 1.35 bits per heavy atom. The third kappa shape index (κ3) is 4.36. The summed E-state index contributed by atoms with van der Waals surface area (Å²) in [4.78, 5) is 13.6. The number of nitrogens with zero attached hydrogens (tertiary/aromatic N) is 1. The van der Waals surface area contributed by atoms with Crippen LogP contribution in [-0.4, -0.2) is 48.8 Å². The van der Waals surface area contributed by atoms with E-state index in [0.717, 1.165) is 5.69 Å². The van der Waals surface area contributed by atoms with Gasteiger partial charge in [0, 0.05) is 18.8 Å². The second kappa shape index (κ2) is 7.06. The first kappa shape index (κ1) is 14.5. The molecule has 1 amide bonds. The van der Waals surface area contributed by atoms with Crippen molar-refractivity contribution in [1.29, 1.82) is 0 Å². The van der Waals surface area contributed by atoms with E-state index < -0.39 is 0 Å². The summed E-state index contributed by atoms with van der Waals surface area (Å²) in [7, 11) is 0. The highest BCUT2D eigenvalue weighted by Gasteiger charge is 2.16. The Bertz CT molecular complexity index is 472. The van der Waals surface area contributed by atoms with E-state index in [9.17, 15) is 4.79 Å². The predicted molar refractivity (Wildman–Crippen MR) is 79.7 cm³/mol. The SMILES string of the molecule is NC(=S)Nc1ccc(OCC(=O)N2CCOCC2)cc1. The third-order valence-corrected chi connectivity index (χ3v) is 2.95. The van der Waals surface area contributed by atoms with E-state index in [-0.39, 0.29) is 17.6 Å². The van der Waals surface area contributed by atoms with Crippen molar-refractivity contribution in [2.75, 3.05) is 38.2 Å². The fourth-order valence-electron chi connectivity index (χ4n) is 1.83. The maximum atomic E-state index is 11.9. The molecule has 1 saturated heterocycles. The fraction of sp³-hybridized carbons (Fsp3) is 0.385. The fourth-order valence-corrected chi connectivity index (χ4v) is 1.94. The van der Waals surface area contributed by atoms with Crippen LogP contribution in [-0.2, 0) is 9.53 Å². The smallest absolute Gasteiger partial charge is 0.260 e. The molecule has 108 valence electrons. The molecule has 1 aliphatic rings. The molecule has 0 aliphatic carbocycles. The molecule has 0 unspecified atom stereocenters. The van der Waals surface area contributed by atoms with Crippen molar-refractivity contribution in [1.82, 2.24) is 4.90 Å². The molecule has 0 radical (unpaired) electrons. The van der Waals surface area contributed by atoms with Crippen LogP contribution in [0.25, 0.3) is 0 Å². The van der Waals surface area contributed by atoms with Gasteiger partial charge in [-0.1, -0.05) is 0 Å². The summed E-state index contributed by atoms with van der Waals surface area (Å²) in [6, 6.07) is 7.09. The van der Waals surface area contributed by atoms with Gasteiger partial charge in [0.1, 0.15) is 5.75 Å². The van der Waals surface area contributed by atoms with Gasteiger partial charge in [0.2, 0.25) is 0 Å². The Hall–Kier alpha value is -1.86. The van der Waals surface area contributed by atoms with Crippen molar-refractivity contribution in [2.24, 2.45) is 5.73 Å². The monoisotopic (exact) mass is 295 g/mol. The molecular weight excluding hydrogens is 278 g/mol. The second-order valence-electron chi connectivity index (χ2n) is 4.30. The molecule has 3 N–H and O–H groups in total. The third-order valence-electron chi connectivity index (χ3n) is 2.85. The number of rotatable bonds is 4. The molecule has 0 spiro atoms. The lowest BCUT2D eigenvalue weighted by Crippen LogP contribution is -2.42. The van der Waals surface area contributed by atoms with E-state index >= 15 is 0 Å². The first-order valence-electron chi connectivity index (χ1n) is 6.30. The van der Waals surface area contributed by atoms with E-state index in [4.69, 9.17) is 27.4 Å². The Labute approximate surface area is 122 Å². The Morgan fingerprint density at radius 3 is 2.60 bits per heavy atom. The summed E-state index contributed by atoms with van der Waals surface area (Å²) < 4.78 is 10.7. The number of nitrogens with two attached hydrogens (primary N) is 1. The van der Waals surface area contributed by atoms with Gasteiger partial charge in [-0.15, -0.1) is 0 Å². The van der Waals surface area contributed by atoms with Crippen LogP contribution in [0.2, 0.25) is 0 Å². The van der Waals surface area contributed by atoms with Gasteiger partial charge < -0.3 is 25.4 Å². The van der Waals surface area contributed by atoms with Crippen LogP contribution < -0.4 is 15.8 Å². The zero-order valence-electron chi connectivity index (χ0n) is 11.0. The zero-order valence-corrected chi connectivity index (χ0v) is 11.8. The summed E-state index contributed by atoms with van der Waals surface area (Å²) in [5, 5.41) is 3.02. The predicted octanol–water partition coefficient (Wildman–Crippen LogP) is 0.580. The number of ether oxygens (including phenoxy) is 2. The number of hydrogen-bond acceptors (Lipinski definition) is 4. The van der Waals surface area contributed by atoms with Gasteiger partial charge in [-0.2, -0.15) is 0 Å². The van der Waals surface area contributed by atoms with Gasteiger partial charge in [-0.05, 0) is 36.5 Å². The summed E-state index contributed by atoms with van der Waals surface area (Å²) >= 11 is 4.74. The average molecular weight is 295 g/mol. The number of hydrogen-bond donors (Lipinski definition) is 2. The van der Waals surface area contributed by atoms with Crippen LogP contribution >= 0.6 is 12.2 Å². The molecule has 1 fully saturated rings. The lowest BCUT2D eigenvalue weighted by molar-refractivity contribution is -0.137. The molecule has 0 saturated carbocycles. The Kier molecular flexibility index (Phi) is 5.14. The van der Waals surface area contributed by atoms with E-state index in [1.165, 1.54) is 0 Å². The highest BCUT2D eigenvalue weighted by molar-refractivity contribution is 7.80. The van der Waals surface area contributed by atoms with Crippen LogP contribution in [0.15, 0.2) is 24.3 Å². The molecular formula is C13H17N3O3S. The molecule has 1 aromatic rings.